The molecule has 90 valence electrons. The van der Waals surface area contributed by atoms with E-state index in [4.69, 9.17) is 10.5 Å². The van der Waals surface area contributed by atoms with Crippen molar-refractivity contribution in [2.75, 3.05) is 13.2 Å². The number of aryl methyl sites for hydroxylation is 1. The molecule has 2 rings (SSSR count). The predicted molar refractivity (Wildman–Crippen MR) is 61.8 cm³/mol. The molecule has 5 heteroatoms. The van der Waals surface area contributed by atoms with Crippen molar-refractivity contribution in [1.82, 2.24) is 5.32 Å². The molecule has 0 aromatic heterocycles. The fourth-order valence-electron chi connectivity index (χ4n) is 1.67. The Bertz CT molecular complexity index is 467. The number of carbonyl (C=O) groups is 2. The van der Waals surface area contributed by atoms with Crippen molar-refractivity contribution in [1.29, 1.82) is 0 Å². The number of epoxide rings is 1. The van der Waals surface area contributed by atoms with Crippen molar-refractivity contribution < 1.29 is 14.3 Å². The monoisotopic (exact) mass is 234 g/mol. The van der Waals surface area contributed by atoms with Crippen LogP contribution in [0.1, 0.15) is 26.3 Å². The molecule has 1 aliphatic rings. The number of amides is 2. The van der Waals surface area contributed by atoms with Gasteiger partial charge in [-0.3, -0.25) is 9.59 Å². The average Bonchev–Trinajstić information content (AvgIpc) is 3.08. The van der Waals surface area contributed by atoms with Crippen LogP contribution in [0, 0.1) is 6.92 Å². The lowest BCUT2D eigenvalue weighted by Crippen LogP contribution is -2.30. The number of carbonyl (C=O) groups excluding carboxylic acids is 2. The summed E-state index contributed by atoms with van der Waals surface area (Å²) in [6, 6.07) is 5.07. The Labute approximate surface area is 98.9 Å². The molecule has 0 saturated carbocycles. The molecule has 1 saturated heterocycles. The minimum Gasteiger partial charge on any atom is -0.371 e. The lowest BCUT2D eigenvalue weighted by atomic mass is 10.0. The van der Waals surface area contributed by atoms with E-state index in [-0.39, 0.29) is 17.6 Å². The number of ether oxygens (including phenoxy) is 1. The van der Waals surface area contributed by atoms with Crippen LogP contribution in [-0.2, 0) is 4.74 Å². The van der Waals surface area contributed by atoms with E-state index in [1.165, 1.54) is 0 Å². The number of benzene rings is 1. The van der Waals surface area contributed by atoms with Gasteiger partial charge in [0.15, 0.2) is 0 Å². The summed E-state index contributed by atoms with van der Waals surface area (Å²) in [6.45, 7) is 2.89. The van der Waals surface area contributed by atoms with E-state index in [2.05, 4.69) is 5.32 Å². The van der Waals surface area contributed by atoms with Crippen molar-refractivity contribution in [2.45, 2.75) is 13.0 Å². The maximum Gasteiger partial charge on any atom is 0.252 e. The second-order valence-corrected chi connectivity index (χ2v) is 4.03. The topological polar surface area (TPSA) is 84.7 Å². The summed E-state index contributed by atoms with van der Waals surface area (Å²) in [7, 11) is 0. The highest BCUT2D eigenvalue weighted by Gasteiger charge is 2.24. The second kappa shape index (κ2) is 4.55. The van der Waals surface area contributed by atoms with Crippen LogP contribution in [0.4, 0.5) is 0 Å². The molecule has 0 radical (unpaired) electrons. The number of nitrogens with one attached hydrogen (secondary N) is 1. The van der Waals surface area contributed by atoms with Gasteiger partial charge in [-0.2, -0.15) is 0 Å². The second-order valence-electron chi connectivity index (χ2n) is 4.03. The number of nitrogens with two attached hydrogens (primary N) is 1. The van der Waals surface area contributed by atoms with Gasteiger partial charge in [0.1, 0.15) is 0 Å². The third kappa shape index (κ3) is 2.62. The summed E-state index contributed by atoms with van der Waals surface area (Å²) >= 11 is 0. The summed E-state index contributed by atoms with van der Waals surface area (Å²) in [5, 5.41) is 2.71. The molecule has 1 aliphatic heterocycles. The average molecular weight is 234 g/mol. The molecule has 17 heavy (non-hydrogen) atoms. The first-order valence-corrected chi connectivity index (χ1v) is 5.39. The Balaban J connectivity index is 2.20. The SMILES string of the molecule is Cc1cccc(C(=O)NCC2CO2)c1C(N)=O. The third-order valence-electron chi connectivity index (χ3n) is 2.66. The maximum atomic E-state index is 11.9. The van der Waals surface area contributed by atoms with Crippen LogP contribution in [0.15, 0.2) is 18.2 Å². The molecule has 2 amide bonds. The molecule has 1 atom stereocenters. The van der Waals surface area contributed by atoms with E-state index < -0.39 is 5.91 Å². The maximum absolute atomic E-state index is 11.9. The Morgan fingerprint density at radius 3 is 2.82 bits per heavy atom. The molecule has 1 aromatic carbocycles. The molecular weight excluding hydrogens is 220 g/mol. The van der Waals surface area contributed by atoms with Gasteiger partial charge in [0.05, 0.1) is 23.8 Å². The van der Waals surface area contributed by atoms with Crippen LogP contribution in [-0.4, -0.2) is 31.1 Å². The zero-order valence-electron chi connectivity index (χ0n) is 9.53. The van der Waals surface area contributed by atoms with Gasteiger partial charge in [-0.1, -0.05) is 12.1 Å². The van der Waals surface area contributed by atoms with Gasteiger partial charge in [0.25, 0.3) is 5.91 Å². The lowest BCUT2D eigenvalue weighted by molar-refractivity contribution is 0.0933. The van der Waals surface area contributed by atoms with Gasteiger partial charge >= 0.3 is 0 Å². The summed E-state index contributed by atoms with van der Waals surface area (Å²) in [5.41, 5.74) is 6.58. The summed E-state index contributed by atoms with van der Waals surface area (Å²) in [4.78, 5) is 23.2. The van der Waals surface area contributed by atoms with Gasteiger partial charge in [-0.15, -0.1) is 0 Å². The minimum absolute atomic E-state index is 0.112. The third-order valence-corrected chi connectivity index (χ3v) is 2.66. The van der Waals surface area contributed by atoms with E-state index in [0.29, 0.717) is 24.3 Å². The Morgan fingerprint density at radius 1 is 1.53 bits per heavy atom. The van der Waals surface area contributed by atoms with Gasteiger partial charge in [0.2, 0.25) is 5.91 Å². The van der Waals surface area contributed by atoms with Crippen LogP contribution in [0.25, 0.3) is 0 Å². The standard InChI is InChI=1S/C12H14N2O3/c1-7-3-2-4-9(10(7)11(13)15)12(16)14-5-8-6-17-8/h2-4,8H,5-6H2,1H3,(H2,13,15)(H,14,16). The number of rotatable bonds is 4. The first-order chi connectivity index (χ1) is 8.09. The Hall–Kier alpha value is -1.88. The van der Waals surface area contributed by atoms with E-state index in [1.807, 2.05) is 0 Å². The number of primary amides is 1. The van der Waals surface area contributed by atoms with E-state index in [0.717, 1.165) is 0 Å². The molecule has 0 bridgehead atoms. The quantitative estimate of drug-likeness (QED) is 0.731. The number of hydrogen-bond donors (Lipinski definition) is 2. The van der Waals surface area contributed by atoms with E-state index in [9.17, 15) is 9.59 Å². The summed E-state index contributed by atoms with van der Waals surface area (Å²) in [5.74, 6) is -0.881. The largest absolute Gasteiger partial charge is 0.371 e. The lowest BCUT2D eigenvalue weighted by Gasteiger charge is -2.09. The molecular formula is C12H14N2O3. The smallest absolute Gasteiger partial charge is 0.252 e. The van der Waals surface area contributed by atoms with E-state index in [1.54, 1.807) is 25.1 Å². The van der Waals surface area contributed by atoms with Crippen LogP contribution < -0.4 is 11.1 Å². The Morgan fingerprint density at radius 2 is 2.24 bits per heavy atom. The highest BCUT2D eigenvalue weighted by Crippen LogP contribution is 2.14. The van der Waals surface area contributed by atoms with Crippen molar-refractivity contribution in [2.24, 2.45) is 5.73 Å². The van der Waals surface area contributed by atoms with Gasteiger partial charge in [-0.25, -0.2) is 0 Å². The zero-order valence-corrected chi connectivity index (χ0v) is 9.53. The van der Waals surface area contributed by atoms with Crippen molar-refractivity contribution >= 4 is 11.8 Å². The molecule has 5 nitrogen and oxygen atoms in total. The zero-order chi connectivity index (χ0) is 12.4. The molecule has 0 aliphatic carbocycles. The minimum atomic E-state index is -0.587. The van der Waals surface area contributed by atoms with Crippen LogP contribution in [0.2, 0.25) is 0 Å². The van der Waals surface area contributed by atoms with Crippen molar-refractivity contribution in [3.8, 4) is 0 Å². The highest BCUT2D eigenvalue weighted by atomic mass is 16.6. The molecule has 1 heterocycles. The predicted octanol–water partition coefficient (Wildman–Crippen LogP) is 0.223. The normalized spacial score (nSPS) is 17.6. The molecule has 1 fully saturated rings. The van der Waals surface area contributed by atoms with Crippen molar-refractivity contribution in [3.05, 3.63) is 34.9 Å². The summed E-state index contributed by atoms with van der Waals surface area (Å²) in [6.07, 6.45) is 0.112. The van der Waals surface area contributed by atoms with Crippen LogP contribution in [0.3, 0.4) is 0 Å². The first kappa shape index (κ1) is 11.6. The Kier molecular flexibility index (Phi) is 3.10. The van der Waals surface area contributed by atoms with Gasteiger partial charge in [-0.05, 0) is 18.6 Å². The summed E-state index contributed by atoms with van der Waals surface area (Å²) < 4.78 is 4.99. The molecule has 1 aromatic rings. The molecule has 1 unspecified atom stereocenters. The fourth-order valence-corrected chi connectivity index (χ4v) is 1.67. The van der Waals surface area contributed by atoms with E-state index >= 15 is 0 Å². The van der Waals surface area contributed by atoms with Gasteiger partial charge < -0.3 is 15.8 Å². The number of hydrogen-bond acceptors (Lipinski definition) is 3. The fraction of sp³-hybridized carbons (Fsp3) is 0.333. The highest BCUT2D eigenvalue weighted by molar-refractivity contribution is 6.07. The molecule has 3 N–H and O–H groups in total. The first-order valence-electron chi connectivity index (χ1n) is 5.39. The van der Waals surface area contributed by atoms with Crippen LogP contribution in [0.5, 0.6) is 0 Å². The van der Waals surface area contributed by atoms with Gasteiger partial charge in [0, 0.05) is 6.54 Å². The van der Waals surface area contributed by atoms with Crippen LogP contribution >= 0.6 is 0 Å². The van der Waals surface area contributed by atoms with Crippen molar-refractivity contribution in [3.63, 3.8) is 0 Å². The molecule has 0 spiro atoms.